The Hall–Kier alpha value is -2.82. The number of H-pyrrole nitrogens is 1. The number of carbonyl (C=O) groups excluding carboxylic acids is 1. The summed E-state index contributed by atoms with van der Waals surface area (Å²) in [4.78, 5) is 29.5. The minimum atomic E-state index is -0.584. The molecule has 212 valence electrons. The number of rotatable bonds is 13. The topological polar surface area (TPSA) is 97.5 Å². The zero-order valence-electron chi connectivity index (χ0n) is 22.2. The molecule has 1 aliphatic carbocycles. The van der Waals surface area contributed by atoms with Crippen molar-refractivity contribution in [2.24, 2.45) is 0 Å². The molecule has 0 saturated heterocycles. The number of nitrogens with one attached hydrogen (secondary N) is 3. The van der Waals surface area contributed by atoms with Gasteiger partial charge in [0.15, 0.2) is 0 Å². The van der Waals surface area contributed by atoms with E-state index in [-0.39, 0.29) is 22.6 Å². The van der Waals surface area contributed by atoms with Gasteiger partial charge in [-0.15, -0.1) is 0 Å². The maximum absolute atomic E-state index is 13.8. The van der Waals surface area contributed by atoms with Gasteiger partial charge in [-0.05, 0) is 62.0 Å². The third-order valence-electron chi connectivity index (χ3n) is 7.43. The maximum Gasteiger partial charge on any atom is 0.305 e. The Bertz CT molecular complexity index is 1290. The first-order valence-corrected chi connectivity index (χ1v) is 14.7. The van der Waals surface area contributed by atoms with Gasteiger partial charge in [-0.2, -0.15) is 0 Å². The van der Waals surface area contributed by atoms with E-state index < -0.39 is 11.6 Å². The van der Waals surface area contributed by atoms with E-state index in [0.29, 0.717) is 63.1 Å². The standard InChI is InChI=1S/C29H38F2N4O3S/c30-22-9-7-20(24(31)19-22)11-14-32-16-13-26(37)35(23-5-3-1-2-4-6-23)18-17-33-15-12-21-8-10-25(36)27-28(21)39-29(38)34-27/h7-10,19,23,32-33,36H,1-6,11-18H2,(H,34,38). The van der Waals surface area contributed by atoms with Crippen LogP contribution in [0.2, 0.25) is 0 Å². The highest BCUT2D eigenvalue weighted by molar-refractivity contribution is 7.16. The second kappa shape index (κ2) is 14.5. The van der Waals surface area contributed by atoms with Crippen molar-refractivity contribution in [3.63, 3.8) is 0 Å². The third kappa shape index (κ3) is 8.33. The number of benzene rings is 2. The van der Waals surface area contributed by atoms with Crippen molar-refractivity contribution in [1.82, 2.24) is 20.5 Å². The third-order valence-corrected chi connectivity index (χ3v) is 8.39. The molecule has 1 fully saturated rings. The van der Waals surface area contributed by atoms with Gasteiger partial charge in [0.25, 0.3) is 0 Å². The number of amides is 1. The lowest BCUT2D eigenvalue weighted by molar-refractivity contribution is -0.133. The summed E-state index contributed by atoms with van der Waals surface area (Å²) in [7, 11) is 0. The first-order chi connectivity index (χ1) is 18.9. The number of aromatic nitrogens is 1. The molecular formula is C29H38F2N4O3S. The van der Waals surface area contributed by atoms with Gasteiger partial charge in [0.2, 0.25) is 5.91 Å². The molecule has 39 heavy (non-hydrogen) atoms. The molecule has 1 aromatic heterocycles. The number of aromatic hydroxyl groups is 1. The summed E-state index contributed by atoms with van der Waals surface area (Å²) in [5.74, 6) is -0.922. The van der Waals surface area contributed by atoms with Gasteiger partial charge in [-0.25, -0.2) is 8.78 Å². The van der Waals surface area contributed by atoms with Gasteiger partial charge < -0.3 is 25.6 Å². The van der Waals surface area contributed by atoms with Crippen molar-refractivity contribution in [1.29, 1.82) is 0 Å². The van der Waals surface area contributed by atoms with Crippen molar-refractivity contribution in [2.75, 3.05) is 32.7 Å². The predicted octanol–water partition coefficient (Wildman–Crippen LogP) is 4.48. The van der Waals surface area contributed by atoms with Gasteiger partial charge in [0.1, 0.15) is 22.9 Å². The Morgan fingerprint density at radius 1 is 0.974 bits per heavy atom. The largest absolute Gasteiger partial charge is 0.506 e. The maximum atomic E-state index is 13.8. The van der Waals surface area contributed by atoms with Gasteiger partial charge in [-0.1, -0.05) is 49.2 Å². The lowest BCUT2D eigenvalue weighted by atomic mass is 10.1. The SMILES string of the molecule is O=C(CCNCCc1ccc(F)cc1F)N(CCNCCc1ccc(O)c2[nH]c(=O)sc12)C1CCCCCC1. The molecule has 10 heteroatoms. The van der Waals surface area contributed by atoms with E-state index in [1.165, 1.54) is 25.0 Å². The van der Waals surface area contributed by atoms with E-state index in [2.05, 4.69) is 15.6 Å². The molecule has 0 atom stereocenters. The molecule has 7 nitrogen and oxygen atoms in total. The monoisotopic (exact) mass is 560 g/mol. The average molecular weight is 561 g/mol. The van der Waals surface area contributed by atoms with Crippen molar-refractivity contribution in [2.45, 2.75) is 63.8 Å². The van der Waals surface area contributed by atoms with Gasteiger partial charge >= 0.3 is 4.87 Å². The van der Waals surface area contributed by atoms with Gasteiger partial charge in [0, 0.05) is 38.2 Å². The van der Waals surface area contributed by atoms with Crippen LogP contribution in [-0.2, 0) is 17.6 Å². The van der Waals surface area contributed by atoms with Crippen molar-refractivity contribution < 1.29 is 18.7 Å². The molecule has 1 aliphatic rings. The van der Waals surface area contributed by atoms with Crippen LogP contribution in [0.4, 0.5) is 8.78 Å². The summed E-state index contributed by atoms with van der Waals surface area (Å²) >= 11 is 1.11. The lowest BCUT2D eigenvalue weighted by Crippen LogP contribution is -2.45. The summed E-state index contributed by atoms with van der Waals surface area (Å²) < 4.78 is 27.7. The number of hydrogen-bond donors (Lipinski definition) is 4. The number of fused-ring (bicyclic) bond motifs is 1. The van der Waals surface area contributed by atoms with Crippen LogP contribution in [0.15, 0.2) is 35.1 Å². The van der Waals surface area contributed by atoms with Crippen LogP contribution in [0.25, 0.3) is 10.2 Å². The molecule has 4 rings (SSSR count). The van der Waals surface area contributed by atoms with Crippen molar-refractivity contribution in [3.8, 4) is 5.75 Å². The number of phenolic OH excluding ortho intramolecular Hbond substituents is 1. The normalized spacial score (nSPS) is 14.5. The molecule has 0 spiro atoms. The molecule has 0 bridgehead atoms. The number of nitrogens with zero attached hydrogens (tertiary/aromatic N) is 1. The van der Waals surface area contributed by atoms with Crippen LogP contribution >= 0.6 is 11.3 Å². The average Bonchev–Trinajstić information content (AvgIpc) is 3.12. The molecule has 1 heterocycles. The first-order valence-electron chi connectivity index (χ1n) is 13.9. The van der Waals surface area contributed by atoms with Crippen LogP contribution in [0.1, 0.15) is 56.1 Å². The zero-order valence-corrected chi connectivity index (χ0v) is 23.1. The predicted molar refractivity (Wildman–Crippen MR) is 151 cm³/mol. The molecule has 2 aromatic carbocycles. The van der Waals surface area contributed by atoms with E-state index in [9.17, 15) is 23.5 Å². The van der Waals surface area contributed by atoms with E-state index in [1.807, 2.05) is 11.0 Å². The molecule has 0 aliphatic heterocycles. The van der Waals surface area contributed by atoms with Crippen LogP contribution in [-0.4, -0.2) is 59.7 Å². The fourth-order valence-electron chi connectivity index (χ4n) is 5.31. The van der Waals surface area contributed by atoms with E-state index in [0.717, 1.165) is 53.3 Å². The molecule has 0 radical (unpaired) electrons. The molecule has 3 aromatic rings. The molecule has 1 saturated carbocycles. The van der Waals surface area contributed by atoms with Gasteiger partial charge in [-0.3, -0.25) is 9.59 Å². The van der Waals surface area contributed by atoms with Crippen LogP contribution < -0.4 is 15.5 Å². The van der Waals surface area contributed by atoms with Crippen LogP contribution in [0.5, 0.6) is 5.75 Å². The second-order valence-corrected chi connectivity index (χ2v) is 11.2. The van der Waals surface area contributed by atoms with Crippen LogP contribution in [0, 0.1) is 11.6 Å². The molecule has 4 N–H and O–H groups in total. The Kier molecular flexibility index (Phi) is 10.9. The number of phenols is 1. The van der Waals surface area contributed by atoms with E-state index >= 15 is 0 Å². The summed E-state index contributed by atoms with van der Waals surface area (Å²) in [6.45, 7) is 3.02. The quantitative estimate of drug-likeness (QED) is 0.183. The molecule has 0 unspecified atom stereocenters. The highest BCUT2D eigenvalue weighted by atomic mass is 32.1. The lowest BCUT2D eigenvalue weighted by Gasteiger charge is -2.32. The fourth-order valence-corrected chi connectivity index (χ4v) is 6.21. The van der Waals surface area contributed by atoms with E-state index in [1.54, 1.807) is 6.07 Å². The second-order valence-electron chi connectivity index (χ2n) is 10.2. The van der Waals surface area contributed by atoms with Gasteiger partial charge in [0.05, 0.1) is 4.70 Å². The Balaban J connectivity index is 1.24. The van der Waals surface area contributed by atoms with Crippen molar-refractivity contribution in [3.05, 3.63) is 62.8 Å². The highest BCUT2D eigenvalue weighted by Gasteiger charge is 2.24. The zero-order chi connectivity index (χ0) is 27.6. The first kappa shape index (κ1) is 29.2. The fraction of sp³-hybridized carbons (Fsp3) is 0.517. The molecule has 1 amide bonds. The number of halogens is 2. The minimum absolute atomic E-state index is 0.0784. The minimum Gasteiger partial charge on any atom is -0.506 e. The molecular weight excluding hydrogens is 522 g/mol. The van der Waals surface area contributed by atoms with Crippen molar-refractivity contribution >= 4 is 27.5 Å². The number of carbonyl (C=O) groups is 1. The summed E-state index contributed by atoms with van der Waals surface area (Å²) in [6.07, 6.45) is 8.28. The number of aromatic amines is 1. The number of hydrogen-bond acceptors (Lipinski definition) is 6. The highest BCUT2D eigenvalue weighted by Crippen LogP contribution is 2.28. The Labute approximate surface area is 231 Å². The Morgan fingerprint density at radius 2 is 1.67 bits per heavy atom. The summed E-state index contributed by atoms with van der Waals surface area (Å²) in [6, 6.07) is 7.33. The van der Waals surface area contributed by atoms with E-state index in [4.69, 9.17) is 0 Å². The number of thiazole rings is 1. The van der Waals surface area contributed by atoms with Crippen LogP contribution in [0.3, 0.4) is 0 Å². The Morgan fingerprint density at radius 3 is 2.41 bits per heavy atom. The summed E-state index contributed by atoms with van der Waals surface area (Å²) in [5, 5.41) is 16.7. The smallest absolute Gasteiger partial charge is 0.305 e. The summed E-state index contributed by atoms with van der Waals surface area (Å²) in [5.41, 5.74) is 1.95.